The molecule has 3 atom stereocenters. The molecule has 2 aliphatic heterocycles. The molecule has 3 unspecified atom stereocenters. The number of hydrogen-bond acceptors (Lipinski definition) is 7. The van der Waals surface area contributed by atoms with Gasteiger partial charge in [-0.15, -0.1) is 0 Å². The number of nitrogens with zero attached hydrogens (tertiary/aromatic N) is 4. The van der Waals surface area contributed by atoms with Crippen LogP contribution < -0.4 is 16.2 Å². The third-order valence-corrected chi connectivity index (χ3v) is 5.09. The molecule has 2 saturated heterocycles. The van der Waals surface area contributed by atoms with Gasteiger partial charge in [-0.05, 0) is 51.3 Å². The van der Waals surface area contributed by atoms with Gasteiger partial charge in [0.05, 0.1) is 17.9 Å². The van der Waals surface area contributed by atoms with Gasteiger partial charge < -0.3 is 5.32 Å². The van der Waals surface area contributed by atoms with Gasteiger partial charge in [0.15, 0.2) is 0 Å². The highest BCUT2D eigenvalue weighted by atomic mass is 15.5. The maximum Gasteiger partial charge on any atom is 0.131 e. The van der Waals surface area contributed by atoms with Crippen LogP contribution in [0.25, 0.3) is 0 Å². The van der Waals surface area contributed by atoms with Gasteiger partial charge in [0.25, 0.3) is 0 Å². The van der Waals surface area contributed by atoms with Gasteiger partial charge >= 0.3 is 0 Å². The van der Waals surface area contributed by atoms with Crippen molar-refractivity contribution in [2.75, 3.05) is 11.9 Å². The fraction of sp³-hybridized carbons (Fsp3) is 0.526. The molecule has 7 nitrogen and oxygen atoms in total. The SMILES string of the molecule is Cc1nc(NC2CC(C)NN2)cc(C2CCCN2Cc2cccnc2)n1. The molecule has 26 heavy (non-hydrogen) atoms. The molecule has 0 amide bonds. The number of nitrogens with one attached hydrogen (secondary N) is 3. The largest absolute Gasteiger partial charge is 0.353 e. The molecule has 2 aromatic heterocycles. The predicted molar refractivity (Wildman–Crippen MR) is 101 cm³/mol. The van der Waals surface area contributed by atoms with Crippen molar-refractivity contribution in [1.29, 1.82) is 0 Å². The molecule has 2 aliphatic rings. The summed E-state index contributed by atoms with van der Waals surface area (Å²) in [7, 11) is 0. The fourth-order valence-corrected chi connectivity index (χ4v) is 3.90. The Morgan fingerprint density at radius 1 is 1.31 bits per heavy atom. The van der Waals surface area contributed by atoms with Crippen LogP contribution >= 0.6 is 0 Å². The summed E-state index contributed by atoms with van der Waals surface area (Å²) in [6.45, 7) is 6.14. The highest BCUT2D eigenvalue weighted by Crippen LogP contribution is 2.33. The number of hydrazine groups is 1. The van der Waals surface area contributed by atoms with E-state index in [9.17, 15) is 0 Å². The Morgan fingerprint density at radius 3 is 3.00 bits per heavy atom. The van der Waals surface area contributed by atoms with Crippen molar-refractivity contribution >= 4 is 5.82 Å². The van der Waals surface area contributed by atoms with E-state index in [1.807, 2.05) is 25.4 Å². The molecular formula is C19H27N7. The Morgan fingerprint density at radius 2 is 2.23 bits per heavy atom. The summed E-state index contributed by atoms with van der Waals surface area (Å²) in [5.74, 6) is 1.71. The van der Waals surface area contributed by atoms with Crippen molar-refractivity contribution in [1.82, 2.24) is 30.7 Å². The van der Waals surface area contributed by atoms with Gasteiger partial charge in [0, 0.05) is 31.0 Å². The standard InChI is InChI=1S/C19H27N7/c1-13-9-19(25-24-13)23-18-10-16(21-14(2)22-18)17-6-4-8-26(17)12-15-5-3-7-20-11-15/h3,5,7,10-11,13,17,19,24-25H,4,6,8-9,12H2,1-2H3,(H,21,22,23). The lowest BCUT2D eigenvalue weighted by atomic mass is 10.1. The summed E-state index contributed by atoms with van der Waals surface area (Å²) >= 11 is 0. The van der Waals surface area contributed by atoms with Crippen LogP contribution in [0.1, 0.15) is 49.3 Å². The van der Waals surface area contributed by atoms with Crippen molar-refractivity contribution < 1.29 is 0 Å². The number of anilines is 1. The molecule has 0 bridgehead atoms. The van der Waals surface area contributed by atoms with Gasteiger partial charge in [-0.2, -0.15) is 0 Å². The highest BCUT2D eigenvalue weighted by Gasteiger charge is 2.28. The van der Waals surface area contributed by atoms with Crippen LogP contribution in [0, 0.1) is 6.92 Å². The lowest BCUT2D eigenvalue weighted by molar-refractivity contribution is 0.244. The van der Waals surface area contributed by atoms with Crippen molar-refractivity contribution in [2.45, 2.75) is 57.9 Å². The average molecular weight is 353 g/mol. The lowest BCUT2D eigenvalue weighted by Crippen LogP contribution is -2.36. The van der Waals surface area contributed by atoms with Crippen LogP contribution in [-0.4, -0.2) is 38.6 Å². The van der Waals surface area contributed by atoms with E-state index >= 15 is 0 Å². The summed E-state index contributed by atoms with van der Waals surface area (Å²) in [4.78, 5) is 16.1. The van der Waals surface area contributed by atoms with Gasteiger partial charge in [0.2, 0.25) is 0 Å². The monoisotopic (exact) mass is 353 g/mol. The minimum absolute atomic E-state index is 0.197. The molecule has 0 spiro atoms. The smallest absolute Gasteiger partial charge is 0.131 e. The number of likely N-dealkylation sites (tertiary alicyclic amines) is 1. The maximum atomic E-state index is 4.75. The molecule has 0 saturated carbocycles. The predicted octanol–water partition coefficient (Wildman–Crippen LogP) is 2.14. The third kappa shape index (κ3) is 4.00. The first-order valence-electron chi connectivity index (χ1n) is 9.43. The molecular weight excluding hydrogens is 326 g/mol. The molecule has 138 valence electrons. The minimum atomic E-state index is 0.197. The third-order valence-electron chi connectivity index (χ3n) is 5.09. The van der Waals surface area contributed by atoms with E-state index < -0.39 is 0 Å². The molecule has 7 heteroatoms. The Balaban J connectivity index is 1.50. The van der Waals surface area contributed by atoms with Crippen molar-refractivity contribution in [2.24, 2.45) is 0 Å². The Labute approximate surface area is 154 Å². The molecule has 0 aliphatic carbocycles. The summed E-state index contributed by atoms with van der Waals surface area (Å²) in [6.07, 6.45) is 7.33. The van der Waals surface area contributed by atoms with Crippen LogP contribution in [0.3, 0.4) is 0 Å². The highest BCUT2D eigenvalue weighted by molar-refractivity contribution is 5.38. The molecule has 2 aromatic rings. The number of aryl methyl sites for hydroxylation is 1. The molecule has 0 aromatic carbocycles. The van der Waals surface area contributed by atoms with E-state index in [0.29, 0.717) is 12.1 Å². The normalized spacial score (nSPS) is 26.3. The number of rotatable bonds is 5. The van der Waals surface area contributed by atoms with E-state index in [4.69, 9.17) is 4.98 Å². The zero-order chi connectivity index (χ0) is 17.9. The van der Waals surface area contributed by atoms with Gasteiger partial charge in [-0.1, -0.05) is 6.07 Å². The van der Waals surface area contributed by atoms with Gasteiger partial charge in [-0.25, -0.2) is 15.4 Å². The van der Waals surface area contributed by atoms with Crippen LogP contribution in [0.15, 0.2) is 30.6 Å². The van der Waals surface area contributed by atoms with E-state index in [2.05, 4.69) is 50.1 Å². The van der Waals surface area contributed by atoms with Crippen molar-refractivity contribution in [3.05, 3.63) is 47.7 Å². The van der Waals surface area contributed by atoms with Gasteiger partial charge in [0.1, 0.15) is 11.6 Å². The van der Waals surface area contributed by atoms with Crippen LogP contribution in [0.4, 0.5) is 5.82 Å². The first kappa shape index (κ1) is 17.3. The Bertz CT molecular complexity index is 736. The number of pyridine rings is 1. The molecule has 4 heterocycles. The number of hydrogen-bond donors (Lipinski definition) is 3. The molecule has 0 radical (unpaired) electrons. The second-order valence-corrected chi connectivity index (χ2v) is 7.34. The number of aromatic nitrogens is 3. The summed E-state index contributed by atoms with van der Waals surface area (Å²) in [5.41, 5.74) is 8.86. The summed E-state index contributed by atoms with van der Waals surface area (Å²) in [5, 5.41) is 3.49. The summed E-state index contributed by atoms with van der Waals surface area (Å²) < 4.78 is 0. The molecule has 2 fully saturated rings. The Hall–Kier alpha value is -2.09. The van der Waals surface area contributed by atoms with Crippen molar-refractivity contribution in [3.63, 3.8) is 0 Å². The minimum Gasteiger partial charge on any atom is -0.353 e. The molecule has 4 rings (SSSR count). The van der Waals surface area contributed by atoms with E-state index in [1.54, 1.807) is 0 Å². The first-order valence-corrected chi connectivity index (χ1v) is 9.43. The zero-order valence-electron chi connectivity index (χ0n) is 15.4. The fourth-order valence-electron chi connectivity index (χ4n) is 3.90. The van der Waals surface area contributed by atoms with Crippen molar-refractivity contribution in [3.8, 4) is 0 Å². The van der Waals surface area contributed by atoms with E-state index in [1.165, 1.54) is 12.0 Å². The topological polar surface area (TPSA) is 78.0 Å². The second-order valence-electron chi connectivity index (χ2n) is 7.34. The average Bonchev–Trinajstić information content (AvgIpc) is 3.24. The quantitative estimate of drug-likeness (QED) is 0.760. The lowest BCUT2D eigenvalue weighted by Gasteiger charge is -2.25. The molecule has 3 N–H and O–H groups in total. The van der Waals surface area contributed by atoms with E-state index in [-0.39, 0.29) is 6.17 Å². The van der Waals surface area contributed by atoms with Crippen LogP contribution in [0.2, 0.25) is 0 Å². The van der Waals surface area contributed by atoms with Crippen LogP contribution in [-0.2, 0) is 6.54 Å². The van der Waals surface area contributed by atoms with E-state index in [0.717, 1.165) is 43.3 Å². The maximum absolute atomic E-state index is 4.75. The first-order chi connectivity index (χ1) is 12.7. The van der Waals surface area contributed by atoms with Gasteiger partial charge in [-0.3, -0.25) is 15.3 Å². The van der Waals surface area contributed by atoms with Crippen LogP contribution in [0.5, 0.6) is 0 Å². The Kier molecular flexibility index (Phi) is 5.10. The summed E-state index contributed by atoms with van der Waals surface area (Å²) in [6, 6.07) is 7.05. The zero-order valence-corrected chi connectivity index (χ0v) is 15.4. The second kappa shape index (κ2) is 7.65.